The molecule has 0 rings (SSSR count). The maximum Gasteiger partial charge on any atom is 0.266 e. The summed E-state index contributed by atoms with van der Waals surface area (Å²) >= 11 is 0. The minimum Gasteiger partial charge on any atom is -0.391 e. The van der Waals surface area contributed by atoms with Crippen molar-refractivity contribution >= 4 is 16.0 Å². The van der Waals surface area contributed by atoms with Gasteiger partial charge in [0.25, 0.3) is 10.1 Å². The lowest BCUT2D eigenvalue weighted by atomic mass is 10.0. The third-order valence-corrected chi connectivity index (χ3v) is 10.4. The average Bonchev–Trinajstić information content (AvgIpc) is 3.03. The van der Waals surface area contributed by atoms with E-state index in [0.29, 0.717) is 19.3 Å². The summed E-state index contributed by atoms with van der Waals surface area (Å²) in [6.07, 6.45) is 35.7. The average molecular weight is 690 g/mol. The van der Waals surface area contributed by atoms with E-state index in [0.717, 1.165) is 44.9 Å². The fraction of sp³-hybridized carbons (Fsp3) is 0.974. The third kappa shape index (κ3) is 33.6. The van der Waals surface area contributed by atoms with Crippen LogP contribution in [0, 0.1) is 0 Å². The van der Waals surface area contributed by atoms with Crippen LogP contribution in [0.4, 0.5) is 0 Å². The number of aliphatic hydroxyl groups is 2. The van der Waals surface area contributed by atoms with Crippen molar-refractivity contribution in [2.75, 3.05) is 5.75 Å². The number of aliphatic hydroxyl groups excluding tert-OH is 2. The first-order chi connectivity index (χ1) is 22.7. The van der Waals surface area contributed by atoms with Crippen LogP contribution < -0.4 is 5.32 Å². The van der Waals surface area contributed by atoms with E-state index in [-0.39, 0.29) is 0 Å². The first-order valence-corrected chi connectivity index (χ1v) is 21.9. The lowest BCUT2D eigenvalue weighted by Crippen LogP contribution is -2.50. The molecule has 0 aromatic carbocycles. The van der Waals surface area contributed by atoms with Crippen LogP contribution in [0.3, 0.4) is 0 Å². The Hall–Kier alpha value is -0.700. The third-order valence-electron chi connectivity index (χ3n) is 9.67. The van der Waals surface area contributed by atoms with Gasteiger partial charge in [0.05, 0.1) is 17.9 Å². The fourth-order valence-corrected chi connectivity index (χ4v) is 7.28. The van der Waals surface area contributed by atoms with E-state index < -0.39 is 40.0 Å². The van der Waals surface area contributed by atoms with Crippen LogP contribution in [-0.4, -0.2) is 53.1 Å². The number of carbonyl (C=O) groups excluding carboxylic acids is 1. The molecule has 0 radical (unpaired) electrons. The van der Waals surface area contributed by atoms with E-state index >= 15 is 0 Å². The molecule has 0 aliphatic heterocycles. The fourth-order valence-electron chi connectivity index (χ4n) is 6.52. The molecule has 0 aliphatic carbocycles. The Labute approximate surface area is 292 Å². The highest BCUT2D eigenvalue weighted by molar-refractivity contribution is 7.85. The Kier molecular flexibility index (Phi) is 33.3. The smallest absolute Gasteiger partial charge is 0.266 e. The topological polar surface area (TPSA) is 124 Å². The van der Waals surface area contributed by atoms with Gasteiger partial charge in [0.2, 0.25) is 5.91 Å². The molecular weight excluding hydrogens is 610 g/mol. The quantitative estimate of drug-likeness (QED) is 0.0380. The number of carbonyl (C=O) groups is 1. The normalized spacial score (nSPS) is 13.9. The number of hydrogen-bond donors (Lipinski definition) is 4. The molecule has 47 heavy (non-hydrogen) atoms. The van der Waals surface area contributed by atoms with Crippen molar-refractivity contribution in [1.29, 1.82) is 0 Å². The highest BCUT2D eigenvalue weighted by Crippen LogP contribution is 2.17. The molecule has 0 saturated carbocycles. The highest BCUT2D eigenvalue weighted by Gasteiger charge is 2.28. The Morgan fingerprint density at radius 1 is 0.489 bits per heavy atom. The maximum absolute atomic E-state index is 12.5. The number of nitrogens with one attached hydrogen (secondary N) is 1. The van der Waals surface area contributed by atoms with E-state index in [4.69, 9.17) is 0 Å². The van der Waals surface area contributed by atoms with Crippen LogP contribution in [0.25, 0.3) is 0 Å². The summed E-state index contributed by atoms with van der Waals surface area (Å²) in [5.74, 6) is -1.44. The summed E-state index contributed by atoms with van der Waals surface area (Å²) in [6, 6.07) is -1.14. The predicted octanol–water partition coefficient (Wildman–Crippen LogP) is 10.6. The first-order valence-electron chi connectivity index (χ1n) is 20.3. The van der Waals surface area contributed by atoms with E-state index in [1.54, 1.807) is 0 Å². The molecule has 0 fully saturated rings. The zero-order chi connectivity index (χ0) is 34.9. The molecule has 3 unspecified atom stereocenters. The van der Waals surface area contributed by atoms with Crippen LogP contribution in [0.2, 0.25) is 0 Å². The van der Waals surface area contributed by atoms with Crippen LogP contribution in [-0.2, 0) is 14.9 Å². The molecule has 0 aromatic rings. The van der Waals surface area contributed by atoms with Crippen LogP contribution in [0.1, 0.15) is 219 Å². The Balaban J connectivity index is 3.87. The summed E-state index contributed by atoms with van der Waals surface area (Å²) in [5.41, 5.74) is 0. The van der Waals surface area contributed by atoms with Crippen molar-refractivity contribution < 1.29 is 28.0 Å². The highest BCUT2D eigenvalue weighted by atomic mass is 32.2. The van der Waals surface area contributed by atoms with E-state index in [1.807, 2.05) is 0 Å². The first kappa shape index (κ1) is 46.3. The Morgan fingerprint density at radius 3 is 1.06 bits per heavy atom. The van der Waals surface area contributed by atoms with Gasteiger partial charge in [-0.15, -0.1) is 0 Å². The number of unbranched alkanes of at least 4 members (excludes halogenated alkanes) is 28. The molecule has 7 nitrogen and oxygen atoms in total. The molecule has 8 heteroatoms. The lowest BCUT2D eigenvalue weighted by Gasteiger charge is -2.24. The van der Waals surface area contributed by atoms with Crippen molar-refractivity contribution in [3.8, 4) is 0 Å². The molecule has 0 bridgehead atoms. The van der Waals surface area contributed by atoms with Gasteiger partial charge in [-0.2, -0.15) is 8.42 Å². The zero-order valence-corrected chi connectivity index (χ0v) is 31.9. The van der Waals surface area contributed by atoms with Gasteiger partial charge in [0.15, 0.2) is 0 Å². The molecule has 0 heterocycles. The van der Waals surface area contributed by atoms with E-state index in [1.165, 1.54) is 141 Å². The van der Waals surface area contributed by atoms with Gasteiger partial charge in [0.1, 0.15) is 6.10 Å². The monoisotopic (exact) mass is 690 g/mol. The predicted molar refractivity (Wildman–Crippen MR) is 199 cm³/mol. The summed E-state index contributed by atoms with van der Waals surface area (Å²) < 4.78 is 32.5. The minimum absolute atomic E-state index is 0.301. The molecule has 0 spiro atoms. The van der Waals surface area contributed by atoms with Crippen molar-refractivity contribution in [1.82, 2.24) is 5.32 Å². The molecular formula is C39H79NO6S. The molecule has 3 atom stereocenters. The van der Waals surface area contributed by atoms with Gasteiger partial charge in [-0.05, 0) is 12.8 Å². The van der Waals surface area contributed by atoms with Crippen LogP contribution in [0.15, 0.2) is 0 Å². The molecule has 282 valence electrons. The standard InChI is InChI=1S/C39H79NO6S/c1-3-5-7-9-11-13-14-15-16-17-18-19-20-21-22-23-24-26-27-29-31-33-37(41)36(35-47(44,45)46)40-39(43)38(42)34-32-30-28-25-12-10-8-6-4-2/h36-38,41-42H,3-35H2,1-2H3,(H,40,43)(H,44,45,46). The largest absolute Gasteiger partial charge is 0.391 e. The zero-order valence-electron chi connectivity index (χ0n) is 31.0. The second-order valence-corrected chi connectivity index (χ2v) is 15.9. The van der Waals surface area contributed by atoms with Gasteiger partial charge in [-0.3, -0.25) is 9.35 Å². The van der Waals surface area contributed by atoms with Crippen LogP contribution in [0.5, 0.6) is 0 Å². The second kappa shape index (κ2) is 33.8. The van der Waals surface area contributed by atoms with Gasteiger partial charge in [0, 0.05) is 0 Å². The van der Waals surface area contributed by atoms with Crippen molar-refractivity contribution in [2.24, 2.45) is 0 Å². The molecule has 0 aliphatic rings. The van der Waals surface area contributed by atoms with Gasteiger partial charge < -0.3 is 15.5 Å². The number of rotatable bonds is 37. The molecule has 1 amide bonds. The Morgan fingerprint density at radius 2 is 0.766 bits per heavy atom. The second-order valence-electron chi connectivity index (χ2n) is 14.4. The summed E-state index contributed by atoms with van der Waals surface area (Å²) in [7, 11) is -4.40. The lowest BCUT2D eigenvalue weighted by molar-refractivity contribution is -0.131. The van der Waals surface area contributed by atoms with Crippen molar-refractivity contribution in [3.05, 3.63) is 0 Å². The summed E-state index contributed by atoms with van der Waals surface area (Å²) in [6.45, 7) is 4.48. The minimum atomic E-state index is -4.40. The van der Waals surface area contributed by atoms with E-state index in [9.17, 15) is 28.0 Å². The molecule has 0 aromatic heterocycles. The summed E-state index contributed by atoms with van der Waals surface area (Å²) in [5, 5.41) is 23.4. The molecule has 0 saturated heterocycles. The number of amides is 1. The maximum atomic E-state index is 12.5. The van der Waals surface area contributed by atoms with Crippen LogP contribution >= 0.6 is 0 Å². The van der Waals surface area contributed by atoms with Crippen molar-refractivity contribution in [3.63, 3.8) is 0 Å². The van der Waals surface area contributed by atoms with Gasteiger partial charge in [-0.25, -0.2) is 0 Å². The van der Waals surface area contributed by atoms with Crippen molar-refractivity contribution in [2.45, 2.75) is 238 Å². The summed E-state index contributed by atoms with van der Waals surface area (Å²) in [4.78, 5) is 12.5. The Bertz CT molecular complexity index is 777. The SMILES string of the molecule is CCCCCCCCCCCCCCCCCCCCCCCC(O)C(CS(=O)(=O)O)NC(=O)C(O)CCCCCCCCCCC. The molecule has 4 N–H and O–H groups in total. The van der Waals surface area contributed by atoms with E-state index in [2.05, 4.69) is 19.2 Å². The number of hydrogen-bond acceptors (Lipinski definition) is 5. The van der Waals surface area contributed by atoms with Gasteiger partial charge >= 0.3 is 0 Å². The van der Waals surface area contributed by atoms with Gasteiger partial charge in [-0.1, -0.05) is 206 Å².